The summed E-state index contributed by atoms with van der Waals surface area (Å²) in [5.74, 6) is 0.294. The number of morpholine rings is 1. The molecule has 0 aromatic heterocycles. The van der Waals surface area contributed by atoms with E-state index in [9.17, 15) is 0 Å². The number of rotatable bonds is 8. The summed E-state index contributed by atoms with van der Waals surface area (Å²) >= 11 is 0. The number of hydrogen-bond donors (Lipinski definition) is 3. The van der Waals surface area contributed by atoms with Gasteiger partial charge in [0.25, 0.3) is 0 Å². The third-order valence-corrected chi connectivity index (χ3v) is 3.66. The van der Waals surface area contributed by atoms with Crippen LogP contribution in [0.4, 0.5) is 0 Å². The van der Waals surface area contributed by atoms with Gasteiger partial charge in [-0.1, -0.05) is 19.0 Å². The lowest BCUT2D eigenvalue weighted by atomic mass is 9.88. The molecule has 1 aliphatic rings. The van der Waals surface area contributed by atoms with Gasteiger partial charge < -0.3 is 21.0 Å². The summed E-state index contributed by atoms with van der Waals surface area (Å²) in [5, 5.41) is 15.2. The number of ether oxygens (including phenoxy) is 1. The Hall–Kier alpha value is -0.850. The van der Waals surface area contributed by atoms with Gasteiger partial charge in [0.15, 0.2) is 0 Å². The average molecular weight is 272 g/mol. The zero-order valence-electron chi connectivity index (χ0n) is 12.2. The fourth-order valence-corrected chi connectivity index (χ4v) is 2.04. The third kappa shape index (κ3) is 6.22. The van der Waals surface area contributed by atoms with Gasteiger partial charge in [0.1, 0.15) is 5.84 Å². The third-order valence-electron chi connectivity index (χ3n) is 3.66. The summed E-state index contributed by atoms with van der Waals surface area (Å²) in [7, 11) is 0. The van der Waals surface area contributed by atoms with Gasteiger partial charge in [-0.3, -0.25) is 4.90 Å². The fourth-order valence-electron chi connectivity index (χ4n) is 2.04. The molecule has 0 aromatic carbocycles. The van der Waals surface area contributed by atoms with Crippen LogP contribution in [0.3, 0.4) is 0 Å². The van der Waals surface area contributed by atoms with E-state index in [1.165, 1.54) is 0 Å². The van der Waals surface area contributed by atoms with Gasteiger partial charge in [-0.15, -0.1) is 0 Å². The van der Waals surface area contributed by atoms with Crippen LogP contribution in [-0.4, -0.2) is 61.9 Å². The first-order chi connectivity index (χ1) is 9.06. The van der Waals surface area contributed by atoms with Crippen LogP contribution in [0, 0.1) is 5.41 Å². The van der Waals surface area contributed by atoms with Crippen molar-refractivity contribution in [2.75, 3.05) is 45.9 Å². The summed E-state index contributed by atoms with van der Waals surface area (Å²) in [6.45, 7) is 10.8. The molecule has 0 saturated carbocycles. The molecule has 0 radical (unpaired) electrons. The lowest BCUT2D eigenvalue weighted by Crippen LogP contribution is -2.38. The average Bonchev–Trinajstić information content (AvgIpc) is 2.42. The maximum Gasteiger partial charge on any atom is 0.144 e. The Balaban J connectivity index is 2.01. The van der Waals surface area contributed by atoms with Crippen molar-refractivity contribution in [3.63, 3.8) is 0 Å². The maximum absolute atomic E-state index is 8.68. The zero-order valence-corrected chi connectivity index (χ0v) is 12.2. The minimum absolute atomic E-state index is 0.258. The first-order valence-electron chi connectivity index (χ1n) is 7.05. The van der Waals surface area contributed by atoms with Crippen LogP contribution in [0.5, 0.6) is 0 Å². The molecule has 0 spiro atoms. The summed E-state index contributed by atoms with van der Waals surface area (Å²) in [6, 6.07) is 0. The molecule has 6 heteroatoms. The van der Waals surface area contributed by atoms with Crippen molar-refractivity contribution in [3.05, 3.63) is 0 Å². The van der Waals surface area contributed by atoms with Crippen molar-refractivity contribution >= 4 is 5.84 Å². The van der Waals surface area contributed by atoms with Gasteiger partial charge in [-0.2, -0.15) is 0 Å². The molecule has 1 saturated heterocycles. The van der Waals surface area contributed by atoms with Crippen LogP contribution >= 0.6 is 0 Å². The van der Waals surface area contributed by atoms with Gasteiger partial charge in [0.2, 0.25) is 0 Å². The number of hydrogen-bond acceptors (Lipinski definition) is 5. The van der Waals surface area contributed by atoms with Crippen LogP contribution < -0.4 is 11.1 Å². The summed E-state index contributed by atoms with van der Waals surface area (Å²) in [4.78, 5) is 2.44. The van der Waals surface area contributed by atoms with Crippen LogP contribution in [0.1, 0.15) is 26.7 Å². The second kappa shape index (κ2) is 8.35. The first-order valence-corrected chi connectivity index (χ1v) is 7.05. The van der Waals surface area contributed by atoms with E-state index in [0.29, 0.717) is 5.84 Å². The standard InChI is InChI=1S/C13H28N4O2/c1-13(2,12(14)16-18)4-6-15-5-3-7-17-8-10-19-11-9-17/h15,18H,3-11H2,1-2H3,(H2,14,16). The number of nitrogens with one attached hydrogen (secondary N) is 1. The van der Waals surface area contributed by atoms with Gasteiger partial charge in [0.05, 0.1) is 13.2 Å². The highest BCUT2D eigenvalue weighted by molar-refractivity contribution is 5.85. The number of amidine groups is 1. The molecular formula is C13H28N4O2. The Kier molecular flexibility index (Phi) is 7.12. The normalized spacial score (nSPS) is 18.7. The van der Waals surface area contributed by atoms with E-state index >= 15 is 0 Å². The smallest absolute Gasteiger partial charge is 0.144 e. The van der Waals surface area contributed by atoms with E-state index < -0.39 is 0 Å². The minimum Gasteiger partial charge on any atom is -0.409 e. The van der Waals surface area contributed by atoms with Crippen molar-refractivity contribution < 1.29 is 9.94 Å². The van der Waals surface area contributed by atoms with Crippen LogP contribution in [-0.2, 0) is 4.74 Å². The lowest BCUT2D eigenvalue weighted by molar-refractivity contribution is 0.0374. The molecule has 0 bridgehead atoms. The lowest BCUT2D eigenvalue weighted by Gasteiger charge is -2.26. The molecule has 1 aliphatic heterocycles. The molecule has 0 unspecified atom stereocenters. The van der Waals surface area contributed by atoms with E-state index in [4.69, 9.17) is 15.7 Å². The predicted octanol–water partition coefficient (Wildman–Crippen LogP) is 0.461. The minimum atomic E-state index is -0.258. The molecule has 0 aromatic rings. The van der Waals surface area contributed by atoms with Crippen molar-refractivity contribution in [1.82, 2.24) is 10.2 Å². The van der Waals surface area contributed by atoms with E-state index in [-0.39, 0.29) is 5.41 Å². The van der Waals surface area contributed by atoms with Gasteiger partial charge in [-0.05, 0) is 32.5 Å². The molecule has 0 amide bonds. The SMILES string of the molecule is CC(C)(CCNCCCN1CCOCC1)C(N)=NO. The monoisotopic (exact) mass is 272 g/mol. The topological polar surface area (TPSA) is 83.1 Å². The van der Waals surface area contributed by atoms with Crippen LogP contribution in [0.15, 0.2) is 5.16 Å². The largest absolute Gasteiger partial charge is 0.409 e. The second-order valence-corrected chi connectivity index (χ2v) is 5.68. The molecule has 1 fully saturated rings. The maximum atomic E-state index is 8.68. The van der Waals surface area contributed by atoms with Gasteiger partial charge in [0, 0.05) is 18.5 Å². The van der Waals surface area contributed by atoms with Crippen molar-refractivity contribution in [3.8, 4) is 0 Å². The number of oxime groups is 1. The van der Waals surface area contributed by atoms with Crippen molar-refractivity contribution in [2.45, 2.75) is 26.7 Å². The number of nitrogens with zero attached hydrogens (tertiary/aromatic N) is 2. The molecule has 0 aliphatic carbocycles. The van der Waals surface area contributed by atoms with Gasteiger partial charge >= 0.3 is 0 Å². The molecule has 6 nitrogen and oxygen atoms in total. The highest BCUT2D eigenvalue weighted by Gasteiger charge is 2.22. The molecule has 19 heavy (non-hydrogen) atoms. The zero-order chi connectivity index (χ0) is 14.1. The molecule has 1 rings (SSSR count). The van der Waals surface area contributed by atoms with E-state index in [0.717, 1.165) is 58.8 Å². The van der Waals surface area contributed by atoms with E-state index in [1.54, 1.807) is 0 Å². The van der Waals surface area contributed by atoms with E-state index in [1.807, 2.05) is 13.8 Å². The van der Waals surface area contributed by atoms with E-state index in [2.05, 4.69) is 15.4 Å². The summed E-state index contributed by atoms with van der Waals surface area (Å²) in [5.41, 5.74) is 5.38. The molecule has 4 N–H and O–H groups in total. The quantitative estimate of drug-likeness (QED) is 0.197. The first kappa shape index (κ1) is 16.2. The van der Waals surface area contributed by atoms with Crippen molar-refractivity contribution in [2.24, 2.45) is 16.3 Å². The Morgan fingerprint density at radius 2 is 2.05 bits per heavy atom. The Bertz CT molecular complexity index is 276. The van der Waals surface area contributed by atoms with Crippen molar-refractivity contribution in [1.29, 1.82) is 0 Å². The van der Waals surface area contributed by atoms with Gasteiger partial charge in [-0.25, -0.2) is 0 Å². The Morgan fingerprint density at radius 3 is 2.68 bits per heavy atom. The molecule has 0 atom stereocenters. The summed E-state index contributed by atoms with van der Waals surface area (Å²) < 4.78 is 5.31. The second-order valence-electron chi connectivity index (χ2n) is 5.68. The van der Waals surface area contributed by atoms with Crippen LogP contribution in [0.25, 0.3) is 0 Å². The Labute approximate surface area is 116 Å². The number of nitrogens with two attached hydrogens (primary N) is 1. The fraction of sp³-hybridized carbons (Fsp3) is 0.923. The molecule has 112 valence electrons. The molecule has 1 heterocycles. The highest BCUT2D eigenvalue weighted by atomic mass is 16.5. The van der Waals surface area contributed by atoms with Crippen LogP contribution in [0.2, 0.25) is 0 Å². The summed E-state index contributed by atoms with van der Waals surface area (Å²) in [6.07, 6.45) is 2.00. The molecular weight excluding hydrogens is 244 g/mol. The Morgan fingerprint density at radius 1 is 1.37 bits per heavy atom. The highest BCUT2D eigenvalue weighted by Crippen LogP contribution is 2.19. The predicted molar refractivity (Wildman–Crippen MR) is 76.6 cm³/mol.